The Hall–Kier alpha value is -1.46. The van der Waals surface area contributed by atoms with Crippen molar-refractivity contribution < 1.29 is 0 Å². The number of nitrogens with zero attached hydrogens (tertiary/aromatic N) is 4. The maximum atomic E-state index is 4.93. The number of aliphatic imine (C=N–C) groups is 1. The molecule has 6 heteroatoms. The van der Waals surface area contributed by atoms with Crippen LogP contribution in [0.25, 0.3) is 0 Å². The van der Waals surface area contributed by atoms with Crippen molar-refractivity contribution in [3.05, 3.63) is 0 Å². The lowest BCUT2D eigenvalue weighted by molar-refractivity contribution is 0.304. The van der Waals surface area contributed by atoms with Crippen LogP contribution in [0.5, 0.6) is 0 Å². The summed E-state index contributed by atoms with van der Waals surface area (Å²) in [4.78, 5) is 5.61. The number of hydrazone groups is 1. The Morgan fingerprint density at radius 2 is 2.15 bits per heavy atom. The molecule has 0 amide bonds. The lowest BCUT2D eigenvalue weighted by atomic mass is 10.8. The Labute approximate surface area is 78.9 Å². The van der Waals surface area contributed by atoms with Gasteiger partial charge < -0.3 is 16.4 Å². The molecular formula is C7H18N6. The van der Waals surface area contributed by atoms with Crippen LogP contribution in [0.4, 0.5) is 0 Å². The molecule has 76 valence electrons. The second-order valence-electron chi connectivity index (χ2n) is 2.69. The van der Waals surface area contributed by atoms with Crippen molar-refractivity contribution in [2.24, 2.45) is 21.6 Å². The molecule has 1 heterocycles. The Morgan fingerprint density at radius 3 is 2.23 bits per heavy atom. The fraction of sp³-hybridized carbons (Fsp3) is 0.714. The number of guanidine groups is 1. The van der Waals surface area contributed by atoms with Gasteiger partial charge in [0.15, 0.2) is 5.96 Å². The van der Waals surface area contributed by atoms with Gasteiger partial charge in [-0.25, -0.2) is 0 Å². The van der Waals surface area contributed by atoms with E-state index in [4.69, 9.17) is 11.5 Å². The van der Waals surface area contributed by atoms with Gasteiger partial charge in [0, 0.05) is 20.6 Å². The Kier molecular flexibility index (Phi) is 5.42. The molecule has 0 bridgehead atoms. The van der Waals surface area contributed by atoms with E-state index in [-0.39, 0.29) is 5.96 Å². The Bertz CT molecular complexity index is 173. The van der Waals surface area contributed by atoms with Gasteiger partial charge in [-0.05, 0) is 6.92 Å². The van der Waals surface area contributed by atoms with Gasteiger partial charge in [0.2, 0.25) is 0 Å². The summed E-state index contributed by atoms with van der Waals surface area (Å²) in [6.45, 7) is 3.46. The molecule has 0 aromatic carbocycles. The number of hydrogen-bond acceptors (Lipinski definition) is 4. The van der Waals surface area contributed by atoms with Gasteiger partial charge in [0.05, 0.1) is 0 Å². The minimum atomic E-state index is 0.164. The molecule has 0 fully saturated rings. The lowest BCUT2D eigenvalue weighted by Crippen LogP contribution is -2.22. The van der Waals surface area contributed by atoms with E-state index in [0.29, 0.717) is 6.54 Å². The molecule has 0 aromatic rings. The fourth-order valence-electron chi connectivity index (χ4n) is 0.755. The third-order valence-electron chi connectivity index (χ3n) is 1.21. The van der Waals surface area contributed by atoms with Crippen molar-refractivity contribution in [3.8, 4) is 0 Å². The molecule has 1 aliphatic heterocycles. The fourth-order valence-corrected chi connectivity index (χ4v) is 0.755. The van der Waals surface area contributed by atoms with E-state index in [1.165, 1.54) is 0 Å². The van der Waals surface area contributed by atoms with E-state index in [2.05, 4.69) is 10.1 Å². The smallest absolute Gasteiger partial charge is 0.185 e. The van der Waals surface area contributed by atoms with Crippen LogP contribution >= 0.6 is 0 Å². The summed E-state index contributed by atoms with van der Waals surface area (Å²) in [5, 5.41) is 5.83. The minimum Gasteiger partial charge on any atom is -0.370 e. The highest BCUT2D eigenvalue weighted by atomic mass is 15.6. The van der Waals surface area contributed by atoms with Gasteiger partial charge in [-0.1, -0.05) is 0 Å². The van der Waals surface area contributed by atoms with Crippen LogP contribution in [0.1, 0.15) is 6.92 Å². The van der Waals surface area contributed by atoms with E-state index in [0.717, 1.165) is 6.67 Å². The predicted molar refractivity (Wildman–Crippen MR) is 55.2 cm³/mol. The second kappa shape index (κ2) is 6.10. The lowest BCUT2D eigenvalue weighted by Gasteiger charge is -2.07. The first kappa shape index (κ1) is 11.5. The third kappa shape index (κ3) is 6.92. The van der Waals surface area contributed by atoms with Crippen LogP contribution in [0, 0.1) is 0 Å². The second-order valence-corrected chi connectivity index (χ2v) is 2.69. The summed E-state index contributed by atoms with van der Waals surface area (Å²) >= 11 is 0. The van der Waals surface area contributed by atoms with E-state index in [1.807, 2.05) is 30.9 Å². The van der Waals surface area contributed by atoms with Crippen molar-refractivity contribution in [1.29, 1.82) is 0 Å². The molecule has 1 aliphatic rings. The van der Waals surface area contributed by atoms with Gasteiger partial charge in [-0.15, -0.1) is 0 Å². The van der Waals surface area contributed by atoms with Gasteiger partial charge in [0.25, 0.3) is 0 Å². The topological polar surface area (TPSA) is 83.2 Å². The highest BCUT2D eigenvalue weighted by Crippen LogP contribution is 1.92. The molecule has 0 aliphatic carbocycles. The molecule has 0 spiro atoms. The van der Waals surface area contributed by atoms with Gasteiger partial charge in [-0.3, -0.25) is 10.0 Å². The molecule has 0 saturated heterocycles. The zero-order valence-electron chi connectivity index (χ0n) is 8.44. The largest absolute Gasteiger partial charge is 0.370 e. The predicted octanol–water partition coefficient (Wildman–Crippen LogP) is -0.956. The van der Waals surface area contributed by atoms with E-state index in [9.17, 15) is 0 Å². The van der Waals surface area contributed by atoms with Crippen LogP contribution < -0.4 is 11.5 Å². The van der Waals surface area contributed by atoms with Gasteiger partial charge >= 0.3 is 0 Å². The van der Waals surface area contributed by atoms with Crippen molar-refractivity contribution >= 4 is 12.3 Å². The van der Waals surface area contributed by atoms with Crippen LogP contribution in [-0.2, 0) is 0 Å². The quantitative estimate of drug-likeness (QED) is 0.408. The molecule has 13 heavy (non-hydrogen) atoms. The first-order valence-electron chi connectivity index (χ1n) is 4.07. The van der Waals surface area contributed by atoms with Crippen LogP contribution in [0.2, 0.25) is 0 Å². The highest BCUT2D eigenvalue weighted by molar-refractivity contribution is 5.75. The number of nitrogens with two attached hydrogens (primary N) is 2. The summed E-state index contributed by atoms with van der Waals surface area (Å²) in [7, 11) is 3.94. The van der Waals surface area contributed by atoms with Crippen LogP contribution in [0.15, 0.2) is 10.1 Å². The molecule has 6 nitrogen and oxygen atoms in total. The first-order chi connectivity index (χ1) is 6.06. The average molecular weight is 186 g/mol. The van der Waals surface area contributed by atoms with E-state index >= 15 is 0 Å². The van der Waals surface area contributed by atoms with Crippen molar-refractivity contribution in [2.45, 2.75) is 6.92 Å². The minimum absolute atomic E-state index is 0.164. The zero-order valence-corrected chi connectivity index (χ0v) is 8.44. The summed E-state index contributed by atoms with van der Waals surface area (Å²) in [6.07, 6.45) is 1.81. The summed E-state index contributed by atoms with van der Waals surface area (Å²) in [6, 6.07) is 0. The molecule has 0 aromatic heterocycles. The van der Waals surface area contributed by atoms with Crippen LogP contribution in [0.3, 0.4) is 0 Å². The Balaban J connectivity index is 0.000000226. The van der Waals surface area contributed by atoms with Crippen molar-refractivity contribution in [3.63, 3.8) is 0 Å². The van der Waals surface area contributed by atoms with E-state index < -0.39 is 0 Å². The summed E-state index contributed by atoms with van der Waals surface area (Å²) in [5.74, 6) is 0.164. The van der Waals surface area contributed by atoms with Crippen molar-refractivity contribution in [2.75, 3.05) is 27.3 Å². The average Bonchev–Trinajstić information content (AvgIpc) is 2.35. The first-order valence-corrected chi connectivity index (χ1v) is 4.07. The molecule has 1 rings (SSSR count). The van der Waals surface area contributed by atoms with Gasteiger partial charge in [0.1, 0.15) is 13.0 Å². The molecule has 0 saturated carbocycles. The normalized spacial score (nSPS) is 13.8. The molecule has 0 atom stereocenters. The third-order valence-corrected chi connectivity index (χ3v) is 1.21. The molecule has 0 unspecified atom stereocenters. The van der Waals surface area contributed by atoms with Crippen LogP contribution in [-0.4, -0.2) is 49.5 Å². The summed E-state index contributed by atoms with van der Waals surface area (Å²) in [5.41, 5.74) is 9.86. The molecule has 0 radical (unpaired) electrons. The Morgan fingerprint density at radius 1 is 1.54 bits per heavy atom. The standard InChI is InChI=1S/C4H9N3.C3H9N3/c1-6-3-5-7(2)4-6;1-2-6-3(4)5/h3H,4H2,1-2H3;2H2,1H3,(H4,4,5,6). The highest BCUT2D eigenvalue weighted by Gasteiger charge is 2.01. The van der Waals surface area contributed by atoms with E-state index in [1.54, 1.807) is 6.34 Å². The maximum absolute atomic E-state index is 4.93. The number of hydrogen-bond donors (Lipinski definition) is 2. The zero-order chi connectivity index (χ0) is 10.3. The SMILES string of the molecule is CCN=C(N)N.CN1C=NN(C)C1. The maximum Gasteiger partial charge on any atom is 0.185 e. The van der Waals surface area contributed by atoms with Crippen molar-refractivity contribution in [1.82, 2.24) is 9.91 Å². The molecule has 4 N–H and O–H groups in total. The molecular weight excluding hydrogens is 168 g/mol. The monoisotopic (exact) mass is 186 g/mol. The van der Waals surface area contributed by atoms with Gasteiger partial charge in [-0.2, -0.15) is 5.10 Å². The summed E-state index contributed by atoms with van der Waals surface area (Å²) < 4.78 is 0. The number of rotatable bonds is 1.